The highest BCUT2D eigenvalue weighted by atomic mass is 19.4. The third-order valence-corrected chi connectivity index (χ3v) is 3.73. The molecule has 0 radical (unpaired) electrons. The van der Waals surface area contributed by atoms with Gasteiger partial charge < -0.3 is 9.52 Å². The topological polar surface area (TPSA) is 93.2 Å². The summed E-state index contributed by atoms with van der Waals surface area (Å²) >= 11 is 0. The molecule has 0 saturated heterocycles. The summed E-state index contributed by atoms with van der Waals surface area (Å²) in [5, 5.41) is 8.99. The fourth-order valence-electron chi connectivity index (χ4n) is 2.49. The second-order valence-corrected chi connectivity index (χ2v) is 5.43. The lowest BCUT2D eigenvalue weighted by Gasteiger charge is -2.04. The molecule has 132 valence electrons. The smallest absolute Gasteiger partial charge is 0.416 e. The highest BCUT2D eigenvalue weighted by Crippen LogP contribution is 2.32. The molecule has 0 bridgehead atoms. The predicted octanol–water partition coefficient (Wildman–Crippen LogP) is 3.77. The van der Waals surface area contributed by atoms with E-state index in [9.17, 15) is 18.0 Å². The number of fused-ring (bicyclic) bond motifs is 2. The van der Waals surface area contributed by atoms with Crippen molar-refractivity contribution in [2.75, 3.05) is 5.43 Å². The molecule has 0 aliphatic carbocycles. The summed E-state index contributed by atoms with van der Waals surface area (Å²) in [5.41, 5.74) is 3.25. The zero-order chi connectivity index (χ0) is 18.5. The van der Waals surface area contributed by atoms with Gasteiger partial charge in [0.2, 0.25) is 0 Å². The van der Waals surface area contributed by atoms with Gasteiger partial charge in [-0.1, -0.05) is 0 Å². The van der Waals surface area contributed by atoms with Crippen molar-refractivity contribution in [3.8, 4) is 0 Å². The molecule has 0 aliphatic rings. The standard InChI is InChI=1S/C16H9F3N4O3/c17-16(18,19)9-2-3-10-13(6-9)26-15(21-10)22-23-7-20-11-5-8(14(24)25)1-4-12(11)23/h1-7H,(H,21,22)(H,24,25). The van der Waals surface area contributed by atoms with Crippen LogP contribution in [0.3, 0.4) is 0 Å². The van der Waals surface area contributed by atoms with E-state index in [1.54, 1.807) is 6.07 Å². The number of carbonyl (C=O) groups is 1. The van der Waals surface area contributed by atoms with Crippen LogP contribution >= 0.6 is 0 Å². The molecule has 0 saturated carbocycles. The van der Waals surface area contributed by atoms with Crippen molar-refractivity contribution in [3.63, 3.8) is 0 Å². The molecule has 2 aromatic heterocycles. The van der Waals surface area contributed by atoms with Gasteiger partial charge >= 0.3 is 18.2 Å². The monoisotopic (exact) mass is 362 g/mol. The third kappa shape index (κ3) is 2.70. The van der Waals surface area contributed by atoms with Gasteiger partial charge in [-0.05, 0) is 36.4 Å². The number of hydrogen-bond donors (Lipinski definition) is 2. The molecule has 4 rings (SSSR count). The summed E-state index contributed by atoms with van der Waals surface area (Å²) in [7, 11) is 0. The SMILES string of the molecule is O=C(O)c1ccc2c(c1)ncn2Nc1nc2ccc(C(F)(F)F)cc2o1. The summed E-state index contributed by atoms with van der Waals surface area (Å²) in [6.07, 6.45) is -3.09. The highest BCUT2D eigenvalue weighted by molar-refractivity contribution is 5.92. The Morgan fingerprint density at radius 1 is 1.15 bits per heavy atom. The summed E-state index contributed by atoms with van der Waals surface area (Å²) in [6.45, 7) is 0. The number of nitrogens with zero attached hydrogens (tertiary/aromatic N) is 3. The van der Waals surface area contributed by atoms with Crippen LogP contribution < -0.4 is 5.43 Å². The molecule has 7 nitrogen and oxygen atoms in total. The van der Waals surface area contributed by atoms with Gasteiger partial charge in [-0.2, -0.15) is 18.2 Å². The number of anilines is 1. The average Bonchev–Trinajstić information content (AvgIpc) is 3.16. The first kappa shape index (κ1) is 15.9. The van der Waals surface area contributed by atoms with Gasteiger partial charge in [0, 0.05) is 0 Å². The van der Waals surface area contributed by atoms with Crippen LogP contribution in [0.4, 0.5) is 19.2 Å². The van der Waals surface area contributed by atoms with Crippen molar-refractivity contribution in [1.82, 2.24) is 14.6 Å². The van der Waals surface area contributed by atoms with Crippen molar-refractivity contribution in [1.29, 1.82) is 0 Å². The Bertz CT molecular complexity index is 1150. The van der Waals surface area contributed by atoms with Crippen LogP contribution in [0.5, 0.6) is 0 Å². The van der Waals surface area contributed by atoms with Crippen molar-refractivity contribution in [3.05, 3.63) is 53.9 Å². The molecular weight excluding hydrogens is 353 g/mol. The zero-order valence-electron chi connectivity index (χ0n) is 12.8. The van der Waals surface area contributed by atoms with Crippen LogP contribution in [0.15, 0.2) is 47.1 Å². The Labute approximate surface area is 142 Å². The first-order chi connectivity index (χ1) is 12.3. The number of nitrogens with one attached hydrogen (secondary N) is 1. The number of carboxylic acid groups (broad SMARTS) is 1. The van der Waals surface area contributed by atoms with Crippen LogP contribution in [0.1, 0.15) is 15.9 Å². The minimum Gasteiger partial charge on any atom is -0.478 e. The van der Waals surface area contributed by atoms with Crippen LogP contribution in [0.25, 0.3) is 22.1 Å². The van der Waals surface area contributed by atoms with E-state index >= 15 is 0 Å². The first-order valence-corrected chi connectivity index (χ1v) is 7.26. The van der Waals surface area contributed by atoms with Gasteiger partial charge in [-0.3, -0.25) is 0 Å². The van der Waals surface area contributed by atoms with Gasteiger partial charge in [0.25, 0.3) is 0 Å². The van der Waals surface area contributed by atoms with Gasteiger partial charge in [0.05, 0.1) is 22.2 Å². The van der Waals surface area contributed by atoms with Crippen molar-refractivity contribution >= 4 is 34.1 Å². The van der Waals surface area contributed by atoms with Crippen molar-refractivity contribution in [2.24, 2.45) is 0 Å². The summed E-state index contributed by atoms with van der Waals surface area (Å²) in [4.78, 5) is 19.1. The fraction of sp³-hybridized carbons (Fsp3) is 0.0625. The van der Waals surface area contributed by atoms with E-state index < -0.39 is 17.7 Å². The maximum absolute atomic E-state index is 12.8. The quantitative estimate of drug-likeness (QED) is 0.576. The van der Waals surface area contributed by atoms with E-state index in [0.29, 0.717) is 11.0 Å². The lowest BCUT2D eigenvalue weighted by atomic mass is 10.2. The molecule has 26 heavy (non-hydrogen) atoms. The molecule has 10 heteroatoms. The minimum absolute atomic E-state index is 0.0140. The van der Waals surface area contributed by atoms with E-state index in [-0.39, 0.29) is 22.7 Å². The second-order valence-electron chi connectivity index (χ2n) is 5.43. The fourth-order valence-corrected chi connectivity index (χ4v) is 2.49. The van der Waals surface area contributed by atoms with Crippen LogP contribution in [-0.2, 0) is 6.18 Å². The van der Waals surface area contributed by atoms with Gasteiger partial charge in [0.15, 0.2) is 5.58 Å². The highest BCUT2D eigenvalue weighted by Gasteiger charge is 2.31. The number of carboxylic acids is 1. The van der Waals surface area contributed by atoms with E-state index in [1.165, 1.54) is 29.2 Å². The Morgan fingerprint density at radius 3 is 2.69 bits per heavy atom. The number of halogens is 3. The van der Waals surface area contributed by atoms with E-state index in [0.717, 1.165) is 12.1 Å². The Kier molecular flexibility index (Phi) is 3.36. The number of imidazole rings is 1. The largest absolute Gasteiger partial charge is 0.478 e. The second kappa shape index (κ2) is 5.48. The van der Waals surface area contributed by atoms with Crippen LogP contribution in [0, 0.1) is 0 Å². The zero-order valence-corrected chi connectivity index (χ0v) is 12.8. The first-order valence-electron chi connectivity index (χ1n) is 7.26. The molecule has 0 fully saturated rings. The van der Waals surface area contributed by atoms with E-state index in [4.69, 9.17) is 9.52 Å². The molecule has 0 spiro atoms. The van der Waals surface area contributed by atoms with E-state index in [2.05, 4.69) is 15.4 Å². The normalized spacial score (nSPS) is 12.0. The molecule has 2 aromatic carbocycles. The Morgan fingerprint density at radius 2 is 1.96 bits per heavy atom. The number of benzene rings is 2. The number of aromatic nitrogens is 3. The number of rotatable bonds is 3. The molecule has 2 heterocycles. The number of hydrogen-bond acceptors (Lipinski definition) is 5. The summed E-state index contributed by atoms with van der Waals surface area (Å²) < 4.78 is 45.0. The third-order valence-electron chi connectivity index (χ3n) is 3.73. The maximum atomic E-state index is 12.8. The predicted molar refractivity (Wildman–Crippen MR) is 84.7 cm³/mol. The van der Waals surface area contributed by atoms with Crippen molar-refractivity contribution < 1.29 is 27.5 Å². The summed E-state index contributed by atoms with van der Waals surface area (Å²) in [5.74, 6) is -1.08. The molecule has 0 unspecified atom stereocenters. The average molecular weight is 362 g/mol. The Balaban J connectivity index is 1.69. The molecule has 0 aliphatic heterocycles. The lowest BCUT2D eigenvalue weighted by molar-refractivity contribution is -0.137. The lowest BCUT2D eigenvalue weighted by Crippen LogP contribution is -2.07. The molecule has 0 amide bonds. The van der Waals surface area contributed by atoms with Crippen LogP contribution in [0.2, 0.25) is 0 Å². The van der Waals surface area contributed by atoms with Gasteiger partial charge in [-0.25, -0.2) is 19.9 Å². The molecule has 2 N–H and O–H groups in total. The van der Waals surface area contributed by atoms with Crippen molar-refractivity contribution in [2.45, 2.75) is 6.18 Å². The van der Waals surface area contributed by atoms with Crippen LogP contribution in [-0.4, -0.2) is 25.7 Å². The minimum atomic E-state index is -4.48. The Hall–Kier alpha value is -3.56. The molecule has 0 atom stereocenters. The number of aromatic carboxylic acids is 1. The summed E-state index contributed by atoms with van der Waals surface area (Å²) in [6, 6.07) is 7.35. The maximum Gasteiger partial charge on any atom is 0.416 e. The van der Waals surface area contributed by atoms with Gasteiger partial charge in [0.1, 0.15) is 11.8 Å². The molecule has 4 aromatic rings. The van der Waals surface area contributed by atoms with Gasteiger partial charge in [-0.15, -0.1) is 0 Å². The number of alkyl halides is 3. The molecular formula is C16H9F3N4O3. The number of oxazole rings is 1. The van der Waals surface area contributed by atoms with E-state index in [1.807, 2.05) is 0 Å².